The monoisotopic (exact) mass is 210 g/mol. The van der Waals surface area contributed by atoms with Crippen molar-refractivity contribution in [1.29, 1.82) is 0 Å². The van der Waals surface area contributed by atoms with Gasteiger partial charge in [0.25, 0.3) is 0 Å². The average Bonchev–Trinajstić information content (AvgIpc) is 2.22. The van der Waals surface area contributed by atoms with Crippen molar-refractivity contribution in [2.24, 2.45) is 11.8 Å². The van der Waals surface area contributed by atoms with Crippen LogP contribution in [0.15, 0.2) is 11.6 Å². The van der Waals surface area contributed by atoms with E-state index in [-0.39, 0.29) is 0 Å². The molecule has 0 saturated heterocycles. The van der Waals surface area contributed by atoms with Crippen molar-refractivity contribution in [3.63, 3.8) is 0 Å². The van der Waals surface area contributed by atoms with Gasteiger partial charge in [-0.05, 0) is 37.5 Å². The summed E-state index contributed by atoms with van der Waals surface area (Å²) in [7, 11) is 0. The largest absolute Gasteiger partial charge is 0.0853 e. The van der Waals surface area contributed by atoms with Crippen molar-refractivity contribution in [2.75, 3.05) is 0 Å². The van der Waals surface area contributed by atoms with E-state index >= 15 is 0 Å². The second-order valence-corrected chi connectivity index (χ2v) is 5.07. The van der Waals surface area contributed by atoms with Crippen LogP contribution in [0.25, 0.3) is 0 Å². The predicted octanol–water partition coefficient (Wildman–Crippen LogP) is 5.59. The van der Waals surface area contributed by atoms with Gasteiger partial charge in [0.05, 0.1) is 0 Å². The van der Waals surface area contributed by atoms with Gasteiger partial charge in [-0.25, -0.2) is 0 Å². The van der Waals surface area contributed by atoms with E-state index in [9.17, 15) is 0 Å². The van der Waals surface area contributed by atoms with E-state index in [1.807, 2.05) is 0 Å². The molecule has 0 bridgehead atoms. The molecule has 0 amide bonds. The number of allylic oxidation sites excluding steroid dienone is 2. The van der Waals surface area contributed by atoms with Crippen molar-refractivity contribution in [3.05, 3.63) is 11.6 Å². The maximum Gasteiger partial charge on any atom is -0.0297 e. The van der Waals surface area contributed by atoms with Gasteiger partial charge in [-0.1, -0.05) is 59.1 Å². The quantitative estimate of drug-likeness (QED) is 0.458. The highest BCUT2D eigenvalue weighted by Crippen LogP contribution is 2.19. The molecular weight excluding hydrogens is 180 g/mol. The molecule has 0 aromatic heterocycles. The molecule has 0 rings (SSSR count). The first-order valence-electron chi connectivity index (χ1n) is 6.81. The van der Waals surface area contributed by atoms with E-state index in [4.69, 9.17) is 0 Å². The Bertz CT molecular complexity index is 161. The Kier molecular flexibility index (Phi) is 8.85. The Labute approximate surface area is 97.2 Å². The van der Waals surface area contributed by atoms with Gasteiger partial charge in [0.2, 0.25) is 0 Å². The van der Waals surface area contributed by atoms with Gasteiger partial charge in [-0.2, -0.15) is 0 Å². The van der Waals surface area contributed by atoms with Crippen LogP contribution in [-0.4, -0.2) is 0 Å². The van der Waals surface area contributed by atoms with E-state index in [1.165, 1.54) is 38.5 Å². The van der Waals surface area contributed by atoms with E-state index in [2.05, 4.69) is 40.7 Å². The molecule has 0 aliphatic heterocycles. The van der Waals surface area contributed by atoms with Crippen LogP contribution in [0.5, 0.6) is 0 Å². The molecule has 0 aliphatic carbocycles. The molecule has 0 N–H and O–H groups in total. The second kappa shape index (κ2) is 9.00. The third kappa shape index (κ3) is 7.64. The van der Waals surface area contributed by atoms with Crippen LogP contribution in [0.3, 0.4) is 0 Å². The maximum atomic E-state index is 2.50. The van der Waals surface area contributed by atoms with Crippen molar-refractivity contribution in [3.8, 4) is 0 Å². The zero-order valence-electron chi connectivity index (χ0n) is 11.5. The lowest BCUT2D eigenvalue weighted by molar-refractivity contribution is 0.459. The predicted molar refractivity (Wildman–Crippen MR) is 71.1 cm³/mol. The Morgan fingerprint density at radius 3 is 2.07 bits per heavy atom. The van der Waals surface area contributed by atoms with Crippen LogP contribution in [0.2, 0.25) is 0 Å². The Hall–Kier alpha value is -0.260. The number of hydrogen-bond acceptors (Lipinski definition) is 0. The SMILES string of the molecule is CC/C(=C\CCC(CC)CC)CC(C)C. The average molecular weight is 210 g/mol. The normalized spacial score (nSPS) is 12.9. The van der Waals surface area contributed by atoms with Gasteiger partial charge in [0.15, 0.2) is 0 Å². The molecule has 15 heavy (non-hydrogen) atoms. The summed E-state index contributed by atoms with van der Waals surface area (Å²) >= 11 is 0. The first-order chi connectivity index (χ1) is 7.13. The molecule has 0 heteroatoms. The highest BCUT2D eigenvalue weighted by atomic mass is 14.1. The summed E-state index contributed by atoms with van der Waals surface area (Å²) in [6.45, 7) is 11.5. The Balaban J connectivity index is 3.89. The van der Waals surface area contributed by atoms with Crippen LogP contribution >= 0.6 is 0 Å². The summed E-state index contributed by atoms with van der Waals surface area (Å²) in [4.78, 5) is 0. The highest BCUT2D eigenvalue weighted by molar-refractivity contribution is 5.01. The second-order valence-electron chi connectivity index (χ2n) is 5.07. The van der Waals surface area contributed by atoms with Crippen LogP contribution in [0.4, 0.5) is 0 Å². The minimum Gasteiger partial charge on any atom is -0.0853 e. The summed E-state index contributed by atoms with van der Waals surface area (Å²) in [5.41, 5.74) is 1.66. The zero-order valence-corrected chi connectivity index (χ0v) is 11.5. The molecule has 0 heterocycles. The molecule has 0 fully saturated rings. The van der Waals surface area contributed by atoms with Crippen LogP contribution in [0, 0.1) is 11.8 Å². The topological polar surface area (TPSA) is 0 Å². The number of hydrogen-bond donors (Lipinski definition) is 0. The number of rotatable bonds is 8. The maximum absolute atomic E-state index is 2.50. The van der Waals surface area contributed by atoms with Gasteiger partial charge < -0.3 is 0 Å². The minimum atomic E-state index is 0.810. The minimum absolute atomic E-state index is 0.810. The fourth-order valence-corrected chi connectivity index (χ4v) is 2.12. The zero-order chi connectivity index (χ0) is 11.7. The smallest absolute Gasteiger partial charge is 0.0297 e. The third-order valence-electron chi connectivity index (χ3n) is 3.29. The molecule has 0 spiro atoms. The van der Waals surface area contributed by atoms with Gasteiger partial charge in [-0.3, -0.25) is 0 Å². The molecule has 0 radical (unpaired) electrons. The van der Waals surface area contributed by atoms with E-state index in [1.54, 1.807) is 5.57 Å². The lowest BCUT2D eigenvalue weighted by Gasteiger charge is -2.12. The van der Waals surface area contributed by atoms with E-state index < -0.39 is 0 Å². The molecule has 0 atom stereocenters. The molecule has 0 aromatic rings. The Morgan fingerprint density at radius 1 is 1.07 bits per heavy atom. The summed E-state index contributed by atoms with van der Waals surface area (Å²) in [5, 5.41) is 0. The molecular formula is C15H30. The van der Waals surface area contributed by atoms with Crippen molar-refractivity contribution in [2.45, 2.75) is 73.1 Å². The summed E-state index contributed by atoms with van der Waals surface area (Å²) < 4.78 is 0. The Morgan fingerprint density at radius 2 is 1.67 bits per heavy atom. The van der Waals surface area contributed by atoms with E-state index in [0.717, 1.165) is 11.8 Å². The molecule has 0 saturated carbocycles. The standard InChI is InChI=1S/C15H30/c1-6-14(7-2)10-9-11-15(8-3)12-13(4)5/h11,13-14H,6-10,12H2,1-5H3/b15-11+. The fraction of sp³-hybridized carbons (Fsp3) is 0.867. The molecule has 0 aromatic carbocycles. The van der Waals surface area contributed by atoms with Gasteiger partial charge in [0, 0.05) is 0 Å². The third-order valence-corrected chi connectivity index (χ3v) is 3.29. The molecule has 0 nitrogen and oxygen atoms in total. The van der Waals surface area contributed by atoms with Crippen molar-refractivity contribution in [1.82, 2.24) is 0 Å². The van der Waals surface area contributed by atoms with Gasteiger partial charge in [0.1, 0.15) is 0 Å². The van der Waals surface area contributed by atoms with Crippen molar-refractivity contribution < 1.29 is 0 Å². The summed E-state index contributed by atoms with van der Waals surface area (Å²) in [6.07, 6.45) is 10.4. The lowest BCUT2D eigenvalue weighted by Crippen LogP contribution is -1.96. The van der Waals surface area contributed by atoms with Gasteiger partial charge in [-0.15, -0.1) is 0 Å². The summed E-state index contributed by atoms with van der Waals surface area (Å²) in [5.74, 6) is 1.75. The first-order valence-corrected chi connectivity index (χ1v) is 6.81. The van der Waals surface area contributed by atoms with Crippen LogP contribution < -0.4 is 0 Å². The molecule has 90 valence electrons. The molecule has 0 unspecified atom stereocenters. The van der Waals surface area contributed by atoms with Crippen molar-refractivity contribution >= 4 is 0 Å². The van der Waals surface area contributed by atoms with E-state index in [0.29, 0.717) is 0 Å². The fourth-order valence-electron chi connectivity index (χ4n) is 2.12. The summed E-state index contributed by atoms with van der Waals surface area (Å²) in [6, 6.07) is 0. The van der Waals surface area contributed by atoms with Crippen LogP contribution in [-0.2, 0) is 0 Å². The van der Waals surface area contributed by atoms with Gasteiger partial charge >= 0.3 is 0 Å². The highest BCUT2D eigenvalue weighted by Gasteiger charge is 2.03. The first kappa shape index (κ1) is 14.7. The van der Waals surface area contributed by atoms with Crippen LogP contribution in [0.1, 0.15) is 73.1 Å². The molecule has 0 aliphatic rings. The lowest BCUT2D eigenvalue weighted by atomic mass is 9.95.